The molecule has 2 unspecified atom stereocenters. The van der Waals surface area contributed by atoms with Crippen LogP contribution < -0.4 is 5.32 Å². The van der Waals surface area contributed by atoms with Crippen LogP contribution in [0.5, 0.6) is 0 Å². The maximum atomic E-state index is 11.1. The zero-order chi connectivity index (χ0) is 10.6. The lowest BCUT2D eigenvalue weighted by molar-refractivity contribution is 0.648. The number of aryl methyl sites for hydroxylation is 1. The molecule has 0 aliphatic heterocycles. The normalized spacial score (nSPS) is 15.4. The van der Waals surface area contributed by atoms with Crippen molar-refractivity contribution in [1.82, 2.24) is 10.3 Å². The molecule has 14 heavy (non-hydrogen) atoms. The molecule has 1 aromatic heterocycles. The van der Waals surface area contributed by atoms with E-state index in [4.69, 9.17) is 0 Å². The van der Waals surface area contributed by atoms with Gasteiger partial charge in [-0.05, 0) is 13.8 Å². The van der Waals surface area contributed by atoms with Crippen LogP contribution in [0.3, 0.4) is 0 Å². The van der Waals surface area contributed by atoms with E-state index in [1.807, 2.05) is 19.4 Å². The largest absolute Gasteiger partial charge is 0.311 e. The van der Waals surface area contributed by atoms with Crippen molar-refractivity contribution >= 4 is 22.1 Å². The summed E-state index contributed by atoms with van der Waals surface area (Å²) in [4.78, 5) is 5.43. The molecule has 0 bridgehead atoms. The van der Waals surface area contributed by atoms with Crippen molar-refractivity contribution in [3.05, 3.63) is 16.1 Å². The van der Waals surface area contributed by atoms with E-state index in [1.165, 1.54) is 4.88 Å². The molecule has 5 heteroatoms. The Morgan fingerprint density at radius 2 is 2.43 bits per heavy atom. The molecule has 0 aromatic carbocycles. The minimum Gasteiger partial charge on any atom is -0.311 e. The highest BCUT2D eigenvalue weighted by atomic mass is 32.2. The molecule has 0 aliphatic carbocycles. The van der Waals surface area contributed by atoms with Crippen LogP contribution in [0.1, 0.15) is 17.5 Å². The van der Waals surface area contributed by atoms with Gasteiger partial charge in [-0.1, -0.05) is 0 Å². The van der Waals surface area contributed by atoms with Crippen LogP contribution in [-0.2, 0) is 17.3 Å². The fourth-order valence-corrected chi connectivity index (χ4v) is 2.10. The Morgan fingerprint density at radius 3 is 2.93 bits per heavy atom. The average Bonchev–Trinajstić information content (AvgIpc) is 2.51. The third-order valence-electron chi connectivity index (χ3n) is 2.13. The molecule has 0 fully saturated rings. The predicted molar refractivity (Wildman–Crippen MR) is 62.1 cm³/mol. The summed E-state index contributed by atoms with van der Waals surface area (Å²) in [5.74, 6) is 0. The van der Waals surface area contributed by atoms with E-state index in [1.54, 1.807) is 17.6 Å². The number of aromatic nitrogens is 1. The monoisotopic (exact) mass is 232 g/mol. The van der Waals surface area contributed by atoms with Crippen LogP contribution in [-0.4, -0.2) is 27.2 Å². The molecule has 1 aromatic rings. The molecule has 1 rings (SSSR count). The van der Waals surface area contributed by atoms with Crippen molar-refractivity contribution in [2.45, 2.75) is 25.6 Å². The molecule has 80 valence electrons. The van der Waals surface area contributed by atoms with Gasteiger partial charge in [0.05, 0.1) is 11.2 Å². The zero-order valence-corrected chi connectivity index (χ0v) is 10.4. The lowest BCUT2D eigenvalue weighted by Gasteiger charge is -2.08. The number of hydrogen-bond donors (Lipinski definition) is 1. The van der Waals surface area contributed by atoms with E-state index in [-0.39, 0.29) is 5.25 Å². The third kappa shape index (κ3) is 3.48. The summed E-state index contributed by atoms with van der Waals surface area (Å²) >= 11 is 1.66. The van der Waals surface area contributed by atoms with Crippen LogP contribution in [0.2, 0.25) is 0 Å². The quantitative estimate of drug-likeness (QED) is 0.832. The standard InChI is InChI=1S/C9H16N2OS2/c1-7(14(3)12)4-10-5-9-8(2)11-6-13-9/h6-7,10H,4-5H2,1-3H3. The molecule has 2 atom stereocenters. The summed E-state index contributed by atoms with van der Waals surface area (Å²) in [6, 6.07) is 0. The fourth-order valence-electron chi connectivity index (χ4n) is 1.00. The highest BCUT2D eigenvalue weighted by Crippen LogP contribution is 2.11. The maximum Gasteiger partial charge on any atom is 0.0798 e. The highest BCUT2D eigenvalue weighted by molar-refractivity contribution is 7.84. The van der Waals surface area contributed by atoms with Gasteiger partial charge in [0.2, 0.25) is 0 Å². The number of rotatable bonds is 5. The van der Waals surface area contributed by atoms with E-state index in [2.05, 4.69) is 10.3 Å². The number of hydrogen-bond acceptors (Lipinski definition) is 4. The topological polar surface area (TPSA) is 42.0 Å². The predicted octanol–water partition coefficient (Wildman–Crippen LogP) is 1.31. The van der Waals surface area contributed by atoms with E-state index < -0.39 is 10.8 Å². The van der Waals surface area contributed by atoms with Crippen molar-refractivity contribution in [2.24, 2.45) is 0 Å². The van der Waals surface area contributed by atoms with Crippen LogP contribution in [0.25, 0.3) is 0 Å². The Kier molecular flexibility index (Phi) is 4.71. The second kappa shape index (κ2) is 5.58. The Balaban J connectivity index is 2.29. The average molecular weight is 232 g/mol. The van der Waals surface area contributed by atoms with Gasteiger partial charge in [-0.25, -0.2) is 4.98 Å². The van der Waals surface area contributed by atoms with Crippen LogP contribution in [0.4, 0.5) is 0 Å². The third-order valence-corrected chi connectivity index (χ3v) is 4.36. The Labute approximate surface area is 91.4 Å². The van der Waals surface area contributed by atoms with Gasteiger partial charge in [0.25, 0.3) is 0 Å². The zero-order valence-electron chi connectivity index (χ0n) is 8.74. The molecule has 1 N–H and O–H groups in total. The van der Waals surface area contributed by atoms with Gasteiger partial charge in [-0.3, -0.25) is 4.21 Å². The number of nitrogens with one attached hydrogen (secondary N) is 1. The minimum absolute atomic E-state index is 0.211. The molecule has 0 spiro atoms. The van der Waals surface area contributed by atoms with Gasteiger partial charge in [-0.2, -0.15) is 0 Å². The van der Waals surface area contributed by atoms with E-state index in [0.29, 0.717) is 0 Å². The first-order chi connectivity index (χ1) is 6.61. The molecule has 3 nitrogen and oxygen atoms in total. The lowest BCUT2D eigenvalue weighted by atomic mass is 10.4. The first-order valence-corrected chi connectivity index (χ1v) is 7.03. The van der Waals surface area contributed by atoms with Crippen molar-refractivity contribution in [1.29, 1.82) is 0 Å². The molecular weight excluding hydrogens is 216 g/mol. The summed E-state index contributed by atoms with van der Waals surface area (Å²) in [7, 11) is -0.739. The molecule has 0 radical (unpaired) electrons. The van der Waals surface area contributed by atoms with Crippen molar-refractivity contribution in [3.63, 3.8) is 0 Å². The first-order valence-electron chi connectivity index (χ1n) is 4.53. The van der Waals surface area contributed by atoms with E-state index in [9.17, 15) is 4.21 Å². The summed E-state index contributed by atoms with van der Waals surface area (Å²) in [6.45, 7) is 5.62. The molecule has 0 saturated carbocycles. The van der Waals surface area contributed by atoms with E-state index in [0.717, 1.165) is 18.8 Å². The van der Waals surface area contributed by atoms with Gasteiger partial charge in [0, 0.05) is 40.3 Å². The Bertz CT molecular complexity index is 312. The van der Waals surface area contributed by atoms with Gasteiger partial charge in [-0.15, -0.1) is 11.3 Å². The Hall–Kier alpha value is -0.260. The van der Waals surface area contributed by atoms with Crippen LogP contribution >= 0.6 is 11.3 Å². The molecule has 0 aliphatic rings. The van der Waals surface area contributed by atoms with Crippen LogP contribution in [0.15, 0.2) is 5.51 Å². The van der Waals surface area contributed by atoms with Crippen molar-refractivity contribution < 1.29 is 4.21 Å². The summed E-state index contributed by atoms with van der Waals surface area (Å²) < 4.78 is 11.1. The summed E-state index contributed by atoms with van der Waals surface area (Å²) in [6.07, 6.45) is 1.74. The Morgan fingerprint density at radius 1 is 1.71 bits per heavy atom. The first kappa shape index (κ1) is 11.8. The second-order valence-electron chi connectivity index (χ2n) is 3.30. The number of thiazole rings is 1. The minimum atomic E-state index is -0.739. The van der Waals surface area contributed by atoms with Gasteiger partial charge >= 0.3 is 0 Å². The molecule has 0 saturated heterocycles. The van der Waals surface area contributed by atoms with E-state index >= 15 is 0 Å². The highest BCUT2D eigenvalue weighted by Gasteiger charge is 2.06. The van der Waals surface area contributed by atoms with Gasteiger partial charge in [0.1, 0.15) is 0 Å². The molecule has 0 amide bonds. The SMILES string of the molecule is Cc1ncsc1CNCC(C)S(C)=O. The maximum absolute atomic E-state index is 11.1. The smallest absolute Gasteiger partial charge is 0.0798 e. The fraction of sp³-hybridized carbons (Fsp3) is 0.667. The van der Waals surface area contributed by atoms with Crippen molar-refractivity contribution in [3.8, 4) is 0 Å². The lowest BCUT2D eigenvalue weighted by Crippen LogP contribution is -2.27. The number of nitrogens with zero attached hydrogens (tertiary/aromatic N) is 1. The molecule has 1 heterocycles. The van der Waals surface area contributed by atoms with Crippen LogP contribution in [0, 0.1) is 6.92 Å². The summed E-state index contributed by atoms with van der Waals surface area (Å²) in [5.41, 5.74) is 2.95. The second-order valence-corrected chi connectivity index (χ2v) is 6.04. The van der Waals surface area contributed by atoms with Gasteiger partial charge in [0.15, 0.2) is 0 Å². The van der Waals surface area contributed by atoms with Gasteiger partial charge < -0.3 is 5.32 Å². The molecular formula is C9H16N2OS2. The van der Waals surface area contributed by atoms with Crippen molar-refractivity contribution in [2.75, 3.05) is 12.8 Å². The summed E-state index contributed by atoms with van der Waals surface area (Å²) in [5, 5.41) is 3.50.